The van der Waals surface area contributed by atoms with Crippen LogP contribution in [-0.4, -0.2) is 33.2 Å². The predicted octanol–water partition coefficient (Wildman–Crippen LogP) is 2.50. The largest absolute Gasteiger partial charge is 0.478 e. The predicted molar refractivity (Wildman–Crippen MR) is 74.2 cm³/mol. The molecule has 0 unspecified atom stereocenters. The van der Waals surface area contributed by atoms with Crippen molar-refractivity contribution in [1.29, 1.82) is 0 Å². The Hall–Kier alpha value is -2.89. The van der Waals surface area contributed by atoms with Gasteiger partial charge in [-0.15, -0.1) is 0 Å². The minimum absolute atomic E-state index is 0.0176. The van der Waals surface area contributed by atoms with Crippen LogP contribution in [0.25, 0.3) is 10.8 Å². The number of aryl methyl sites for hydroxylation is 1. The molecule has 108 valence electrons. The summed E-state index contributed by atoms with van der Waals surface area (Å²) < 4.78 is 0. The normalized spacial score (nSPS) is 10.5. The Labute approximate surface area is 119 Å². The van der Waals surface area contributed by atoms with E-state index in [9.17, 15) is 24.6 Å². The average Bonchev–Trinajstić information content (AvgIpc) is 2.43. The standard InChI is InChI=1S/C15H12O6/c1-2-7-5-9-6-8(13(16)17)3-4-10(9)12(15(20)21)11(7)14(18)19/h3-6H,2H2,1H3,(H,16,17)(H,18,19)(H,20,21). The van der Waals surface area contributed by atoms with Gasteiger partial charge in [-0.25, -0.2) is 14.4 Å². The van der Waals surface area contributed by atoms with E-state index in [1.807, 2.05) is 0 Å². The van der Waals surface area contributed by atoms with Crippen molar-refractivity contribution in [2.75, 3.05) is 0 Å². The highest BCUT2D eigenvalue weighted by molar-refractivity contribution is 6.13. The molecule has 0 saturated heterocycles. The highest BCUT2D eigenvalue weighted by atomic mass is 16.4. The van der Waals surface area contributed by atoms with E-state index in [0.29, 0.717) is 17.4 Å². The van der Waals surface area contributed by atoms with Gasteiger partial charge in [-0.05, 0) is 34.9 Å². The van der Waals surface area contributed by atoms with Gasteiger partial charge in [0.1, 0.15) is 0 Å². The van der Waals surface area contributed by atoms with Crippen LogP contribution in [0.4, 0.5) is 0 Å². The summed E-state index contributed by atoms with van der Waals surface area (Å²) >= 11 is 0. The fourth-order valence-corrected chi connectivity index (χ4v) is 2.34. The third-order valence-electron chi connectivity index (χ3n) is 3.28. The van der Waals surface area contributed by atoms with Crippen LogP contribution in [0.5, 0.6) is 0 Å². The molecule has 6 heteroatoms. The summed E-state index contributed by atoms with van der Waals surface area (Å²) in [6.07, 6.45) is 0.329. The van der Waals surface area contributed by atoms with Crippen molar-refractivity contribution in [3.05, 3.63) is 46.5 Å². The minimum atomic E-state index is -1.35. The molecule has 0 bridgehead atoms. The van der Waals surface area contributed by atoms with Crippen LogP contribution in [0.15, 0.2) is 24.3 Å². The van der Waals surface area contributed by atoms with Crippen LogP contribution in [0.1, 0.15) is 43.6 Å². The zero-order valence-corrected chi connectivity index (χ0v) is 11.1. The van der Waals surface area contributed by atoms with Crippen LogP contribution >= 0.6 is 0 Å². The molecular weight excluding hydrogens is 276 g/mol. The number of hydrogen-bond acceptors (Lipinski definition) is 3. The molecule has 0 fully saturated rings. The van der Waals surface area contributed by atoms with E-state index in [4.69, 9.17) is 5.11 Å². The maximum atomic E-state index is 11.4. The highest BCUT2D eigenvalue weighted by Crippen LogP contribution is 2.28. The molecule has 0 atom stereocenters. The monoisotopic (exact) mass is 288 g/mol. The number of carboxylic acids is 3. The van der Waals surface area contributed by atoms with Gasteiger partial charge in [-0.1, -0.05) is 19.1 Å². The van der Waals surface area contributed by atoms with Gasteiger partial charge >= 0.3 is 17.9 Å². The van der Waals surface area contributed by atoms with Crippen molar-refractivity contribution < 1.29 is 29.7 Å². The molecule has 21 heavy (non-hydrogen) atoms. The Bertz CT molecular complexity index is 775. The SMILES string of the molecule is CCc1cc2cc(C(=O)O)ccc2c(C(=O)O)c1C(=O)O. The summed E-state index contributed by atoms with van der Waals surface area (Å²) in [5.41, 5.74) is -0.187. The lowest BCUT2D eigenvalue weighted by atomic mass is 9.92. The number of hydrogen-bond donors (Lipinski definition) is 3. The van der Waals surface area contributed by atoms with E-state index in [1.54, 1.807) is 6.92 Å². The first-order valence-electron chi connectivity index (χ1n) is 6.16. The molecule has 0 aliphatic heterocycles. The smallest absolute Gasteiger partial charge is 0.337 e. The lowest BCUT2D eigenvalue weighted by Gasteiger charge is -2.12. The van der Waals surface area contributed by atoms with Gasteiger partial charge in [0, 0.05) is 0 Å². The van der Waals surface area contributed by atoms with Crippen molar-refractivity contribution in [1.82, 2.24) is 0 Å². The molecular formula is C15H12O6. The third-order valence-corrected chi connectivity index (χ3v) is 3.28. The number of carboxylic acid groups (broad SMARTS) is 3. The topological polar surface area (TPSA) is 112 Å². The Morgan fingerprint density at radius 1 is 0.905 bits per heavy atom. The maximum Gasteiger partial charge on any atom is 0.337 e. The molecule has 0 amide bonds. The quantitative estimate of drug-likeness (QED) is 0.796. The molecule has 0 spiro atoms. The molecule has 0 saturated carbocycles. The number of benzene rings is 2. The van der Waals surface area contributed by atoms with Crippen LogP contribution in [0.3, 0.4) is 0 Å². The minimum Gasteiger partial charge on any atom is -0.478 e. The molecule has 0 heterocycles. The van der Waals surface area contributed by atoms with Crippen molar-refractivity contribution in [3.63, 3.8) is 0 Å². The molecule has 0 aliphatic carbocycles. The summed E-state index contributed by atoms with van der Waals surface area (Å²) in [5, 5.41) is 28.2. The van der Waals surface area contributed by atoms with Gasteiger partial charge in [-0.3, -0.25) is 0 Å². The van der Waals surface area contributed by atoms with Crippen LogP contribution in [0, 0.1) is 0 Å². The van der Waals surface area contributed by atoms with Crippen LogP contribution in [0.2, 0.25) is 0 Å². The van der Waals surface area contributed by atoms with E-state index in [2.05, 4.69) is 0 Å². The number of rotatable bonds is 4. The Balaban J connectivity index is 2.95. The lowest BCUT2D eigenvalue weighted by molar-refractivity contribution is 0.0652. The van der Waals surface area contributed by atoms with Crippen molar-refractivity contribution >= 4 is 28.7 Å². The maximum absolute atomic E-state index is 11.4. The summed E-state index contributed by atoms with van der Waals surface area (Å²) in [4.78, 5) is 33.8. The lowest BCUT2D eigenvalue weighted by Crippen LogP contribution is -2.12. The van der Waals surface area contributed by atoms with Gasteiger partial charge < -0.3 is 15.3 Å². The molecule has 6 nitrogen and oxygen atoms in total. The first-order valence-corrected chi connectivity index (χ1v) is 6.16. The van der Waals surface area contributed by atoms with Gasteiger partial charge in [0.05, 0.1) is 16.7 Å². The van der Waals surface area contributed by atoms with Gasteiger partial charge in [0.15, 0.2) is 0 Å². The fraction of sp³-hybridized carbons (Fsp3) is 0.133. The van der Waals surface area contributed by atoms with E-state index < -0.39 is 17.9 Å². The van der Waals surface area contributed by atoms with Gasteiger partial charge in [0.2, 0.25) is 0 Å². The first kappa shape index (κ1) is 14.5. The fourth-order valence-electron chi connectivity index (χ4n) is 2.34. The zero-order valence-electron chi connectivity index (χ0n) is 11.1. The van der Waals surface area contributed by atoms with Crippen molar-refractivity contribution in [2.45, 2.75) is 13.3 Å². The van der Waals surface area contributed by atoms with Crippen molar-refractivity contribution in [2.24, 2.45) is 0 Å². The molecule has 3 N–H and O–H groups in total. The molecule has 2 rings (SSSR count). The zero-order chi connectivity index (χ0) is 15.7. The van der Waals surface area contributed by atoms with Crippen molar-refractivity contribution in [3.8, 4) is 0 Å². The van der Waals surface area contributed by atoms with Gasteiger partial charge in [0.25, 0.3) is 0 Å². The highest BCUT2D eigenvalue weighted by Gasteiger charge is 2.23. The average molecular weight is 288 g/mol. The second kappa shape index (κ2) is 5.24. The summed E-state index contributed by atoms with van der Waals surface area (Å²) in [6, 6.07) is 5.45. The summed E-state index contributed by atoms with van der Waals surface area (Å²) in [5.74, 6) is -3.79. The Kier molecular flexibility index (Phi) is 3.62. The third kappa shape index (κ3) is 2.43. The number of aromatic carboxylic acids is 3. The molecule has 2 aromatic rings. The van der Waals surface area contributed by atoms with E-state index in [0.717, 1.165) is 0 Å². The van der Waals surface area contributed by atoms with E-state index in [1.165, 1.54) is 24.3 Å². The molecule has 0 aliphatic rings. The Morgan fingerprint density at radius 2 is 1.52 bits per heavy atom. The van der Waals surface area contributed by atoms with Crippen LogP contribution in [-0.2, 0) is 6.42 Å². The Morgan fingerprint density at radius 3 is 2.00 bits per heavy atom. The summed E-state index contributed by atoms with van der Waals surface area (Å²) in [6.45, 7) is 1.71. The van der Waals surface area contributed by atoms with Gasteiger partial charge in [-0.2, -0.15) is 0 Å². The molecule has 0 radical (unpaired) electrons. The number of fused-ring (bicyclic) bond motifs is 1. The summed E-state index contributed by atoms with van der Waals surface area (Å²) in [7, 11) is 0. The molecule has 0 aromatic heterocycles. The number of carbonyl (C=O) groups is 3. The first-order chi connectivity index (χ1) is 9.86. The van der Waals surface area contributed by atoms with E-state index in [-0.39, 0.29) is 22.1 Å². The second-order valence-corrected chi connectivity index (χ2v) is 4.49. The molecule has 2 aromatic carbocycles. The second-order valence-electron chi connectivity index (χ2n) is 4.49. The van der Waals surface area contributed by atoms with Crippen LogP contribution < -0.4 is 0 Å². The van der Waals surface area contributed by atoms with E-state index >= 15 is 0 Å².